The zero-order chi connectivity index (χ0) is 10.9. The van der Waals surface area contributed by atoms with Gasteiger partial charge < -0.3 is 24.4 Å². The first-order chi connectivity index (χ1) is 6.45. The molecule has 0 aromatic carbocycles. The van der Waals surface area contributed by atoms with E-state index < -0.39 is 24.1 Å². The van der Waals surface area contributed by atoms with Crippen LogP contribution in [0.3, 0.4) is 0 Å². The Hall–Kier alpha value is -0.200. The lowest BCUT2D eigenvalue weighted by molar-refractivity contribution is -0.319. The topological polar surface area (TPSA) is 68.2 Å². The lowest BCUT2D eigenvalue weighted by Gasteiger charge is -2.46. The molecule has 1 heterocycles. The van der Waals surface area contributed by atoms with Crippen LogP contribution in [0, 0.1) is 0 Å². The van der Waals surface area contributed by atoms with Crippen LogP contribution in [0.5, 0.6) is 0 Å². The molecule has 0 aromatic heterocycles. The van der Waals surface area contributed by atoms with E-state index in [-0.39, 0.29) is 6.10 Å². The molecule has 0 bridgehead atoms. The van der Waals surface area contributed by atoms with Gasteiger partial charge in [0.15, 0.2) is 6.29 Å². The van der Waals surface area contributed by atoms with Gasteiger partial charge in [0.25, 0.3) is 0 Å². The van der Waals surface area contributed by atoms with Crippen LogP contribution in [-0.2, 0) is 14.2 Å². The molecule has 1 fully saturated rings. The Balaban J connectivity index is 2.85. The number of methoxy groups -OCH3 is 2. The molecular weight excluding hydrogens is 188 g/mol. The van der Waals surface area contributed by atoms with Gasteiger partial charge in [0.2, 0.25) is 0 Å². The SMILES string of the molecule is CO[C@@H]1O[C@@H](C)[C@H](OC)[C@@](C)(O)[C@H]1O. The standard InChI is InChI=1S/C9H18O5/c1-5-7(12-3)9(2,11)6(10)8(13-4)14-5/h5-8,10-11H,1-4H3/t5-,6-,7-,8+,9-/m0/s1. The maximum Gasteiger partial charge on any atom is 0.186 e. The maximum absolute atomic E-state index is 10.0. The lowest BCUT2D eigenvalue weighted by atomic mass is 9.86. The van der Waals surface area contributed by atoms with Gasteiger partial charge in [-0.3, -0.25) is 0 Å². The highest BCUT2D eigenvalue weighted by Gasteiger charge is 2.51. The Morgan fingerprint density at radius 2 is 1.86 bits per heavy atom. The summed E-state index contributed by atoms with van der Waals surface area (Å²) in [5.74, 6) is 0. The number of hydrogen-bond acceptors (Lipinski definition) is 5. The minimum atomic E-state index is -1.37. The highest BCUT2D eigenvalue weighted by molar-refractivity contribution is 4.98. The Kier molecular flexibility index (Phi) is 3.49. The Labute approximate surface area is 83.6 Å². The van der Waals surface area contributed by atoms with Crippen molar-refractivity contribution in [1.29, 1.82) is 0 Å². The van der Waals surface area contributed by atoms with E-state index in [4.69, 9.17) is 14.2 Å². The molecule has 84 valence electrons. The average Bonchev–Trinajstić information content (AvgIpc) is 2.12. The summed E-state index contributed by atoms with van der Waals surface area (Å²) in [6, 6.07) is 0. The van der Waals surface area contributed by atoms with Gasteiger partial charge in [-0.05, 0) is 13.8 Å². The summed E-state index contributed by atoms with van der Waals surface area (Å²) >= 11 is 0. The summed E-state index contributed by atoms with van der Waals surface area (Å²) in [5, 5.41) is 19.8. The minimum Gasteiger partial charge on any atom is -0.385 e. The van der Waals surface area contributed by atoms with Crippen LogP contribution < -0.4 is 0 Å². The third-order valence-corrected chi connectivity index (χ3v) is 2.69. The summed E-state index contributed by atoms with van der Waals surface area (Å²) < 4.78 is 15.3. The number of rotatable bonds is 2. The fourth-order valence-corrected chi connectivity index (χ4v) is 1.89. The minimum absolute atomic E-state index is 0.330. The molecule has 0 spiro atoms. The van der Waals surface area contributed by atoms with Gasteiger partial charge in [0.1, 0.15) is 17.8 Å². The molecule has 14 heavy (non-hydrogen) atoms. The zero-order valence-corrected chi connectivity index (χ0v) is 8.93. The number of ether oxygens (including phenoxy) is 3. The van der Waals surface area contributed by atoms with Crippen molar-refractivity contribution in [2.24, 2.45) is 0 Å². The predicted octanol–water partition coefficient (Wildman–Crippen LogP) is -0.496. The zero-order valence-electron chi connectivity index (χ0n) is 8.93. The molecule has 1 aliphatic rings. The smallest absolute Gasteiger partial charge is 0.186 e. The van der Waals surface area contributed by atoms with Crippen molar-refractivity contribution in [1.82, 2.24) is 0 Å². The summed E-state index contributed by atoms with van der Waals surface area (Å²) in [5.41, 5.74) is -1.37. The number of hydrogen-bond donors (Lipinski definition) is 2. The molecule has 1 saturated heterocycles. The fourth-order valence-electron chi connectivity index (χ4n) is 1.89. The Morgan fingerprint density at radius 3 is 2.29 bits per heavy atom. The molecule has 0 amide bonds. The molecule has 0 aliphatic carbocycles. The summed E-state index contributed by atoms with van der Waals surface area (Å²) in [6.45, 7) is 3.28. The van der Waals surface area contributed by atoms with Crippen molar-refractivity contribution in [3.8, 4) is 0 Å². The van der Waals surface area contributed by atoms with E-state index in [1.165, 1.54) is 21.1 Å². The maximum atomic E-state index is 10.0. The largest absolute Gasteiger partial charge is 0.385 e. The normalized spacial score (nSPS) is 49.3. The van der Waals surface area contributed by atoms with E-state index in [1.54, 1.807) is 6.92 Å². The summed E-state index contributed by atoms with van der Waals surface area (Å²) in [6.07, 6.45) is -2.83. The van der Waals surface area contributed by atoms with Crippen molar-refractivity contribution in [2.75, 3.05) is 14.2 Å². The average molecular weight is 206 g/mol. The van der Waals surface area contributed by atoms with Crippen molar-refractivity contribution in [3.63, 3.8) is 0 Å². The van der Waals surface area contributed by atoms with E-state index in [0.29, 0.717) is 0 Å². The van der Waals surface area contributed by atoms with Gasteiger partial charge in [-0.1, -0.05) is 0 Å². The second kappa shape index (κ2) is 4.12. The Bertz CT molecular complexity index is 194. The molecule has 5 nitrogen and oxygen atoms in total. The first-order valence-electron chi connectivity index (χ1n) is 4.56. The van der Waals surface area contributed by atoms with Crippen molar-refractivity contribution in [2.45, 2.75) is 44.1 Å². The lowest BCUT2D eigenvalue weighted by Crippen LogP contribution is -2.65. The van der Waals surface area contributed by atoms with Gasteiger partial charge in [0.05, 0.1) is 6.10 Å². The van der Waals surface area contributed by atoms with Crippen LogP contribution in [-0.4, -0.2) is 54.6 Å². The second-order valence-electron chi connectivity index (χ2n) is 3.77. The highest BCUT2D eigenvalue weighted by Crippen LogP contribution is 2.31. The number of aliphatic hydroxyl groups is 2. The van der Waals surface area contributed by atoms with Gasteiger partial charge in [-0.15, -0.1) is 0 Å². The molecule has 5 atom stereocenters. The van der Waals surface area contributed by atoms with Crippen LogP contribution >= 0.6 is 0 Å². The van der Waals surface area contributed by atoms with Crippen LogP contribution in [0.25, 0.3) is 0 Å². The summed E-state index contributed by atoms with van der Waals surface area (Å²) in [7, 11) is 2.89. The third-order valence-electron chi connectivity index (χ3n) is 2.69. The van der Waals surface area contributed by atoms with Crippen LogP contribution in [0.15, 0.2) is 0 Å². The molecule has 2 N–H and O–H groups in total. The van der Waals surface area contributed by atoms with Crippen LogP contribution in [0.4, 0.5) is 0 Å². The highest BCUT2D eigenvalue weighted by atomic mass is 16.7. The number of aliphatic hydroxyl groups excluding tert-OH is 1. The van der Waals surface area contributed by atoms with Gasteiger partial charge in [-0.2, -0.15) is 0 Å². The third kappa shape index (κ3) is 1.78. The molecule has 0 aromatic rings. The van der Waals surface area contributed by atoms with Crippen molar-refractivity contribution in [3.05, 3.63) is 0 Å². The monoisotopic (exact) mass is 206 g/mol. The van der Waals surface area contributed by atoms with E-state index in [0.717, 1.165) is 0 Å². The molecule has 0 radical (unpaired) electrons. The van der Waals surface area contributed by atoms with E-state index in [1.807, 2.05) is 0 Å². The van der Waals surface area contributed by atoms with Crippen molar-refractivity contribution >= 4 is 0 Å². The fraction of sp³-hybridized carbons (Fsp3) is 1.00. The first kappa shape index (κ1) is 11.9. The first-order valence-corrected chi connectivity index (χ1v) is 4.56. The second-order valence-corrected chi connectivity index (χ2v) is 3.77. The Morgan fingerprint density at radius 1 is 1.29 bits per heavy atom. The molecule has 0 saturated carbocycles. The summed E-state index contributed by atoms with van der Waals surface area (Å²) in [4.78, 5) is 0. The van der Waals surface area contributed by atoms with Gasteiger partial charge in [0, 0.05) is 14.2 Å². The molecule has 5 heteroatoms. The quantitative estimate of drug-likeness (QED) is 0.638. The van der Waals surface area contributed by atoms with Crippen LogP contribution in [0.2, 0.25) is 0 Å². The molecule has 0 unspecified atom stereocenters. The van der Waals surface area contributed by atoms with E-state index in [2.05, 4.69) is 0 Å². The van der Waals surface area contributed by atoms with Crippen molar-refractivity contribution < 1.29 is 24.4 Å². The van der Waals surface area contributed by atoms with Gasteiger partial charge in [-0.25, -0.2) is 0 Å². The molecule has 1 rings (SSSR count). The molecule has 1 aliphatic heterocycles. The predicted molar refractivity (Wildman–Crippen MR) is 48.8 cm³/mol. The molecular formula is C9H18O5. The van der Waals surface area contributed by atoms with E-state index in [9.17, 15) is 10.2 Å². The van der Waals surface area contributed by atoms with Gasteiger partial charge >= 0.3 is 0 Å². The van der Waals surface area contributed by atoms with Crippen LogP contribution in [0.1, 0.15) is 13.8 Å². The van der Waals surface area contributed by atoms with E-state index >= 15 is 0 Å².